The second-order valence-corrected chi connectivity index (χ2v) is 8.33. The molecule has 0 aliphatic carbocycles. The molecular formula is C17H21N3O4S. The number of carboxylic acids is 1. The Labute approximate surface area is 147 Å². The molecule has 0 saturated carbocycles. The van der Waals surface area contributed by atoms with Gasteiger partial charge in [0, 0.05) is 25.3 Å². The highest BCUT2D eigenvalue weighted by Gasteiger charge is 2.29. The van der Waals surface area contributed by atoms with Crippen LogP contribution in [0.4, 0.5) is 0 Å². The smallest absolute Gasteiger partial charge is 0.335 e. The molecule has 0 radical (unpaired) electrons. The highest BCUT2D eigenvalue weighted by Crippen LogP contribution is 2.22. The molecule has 134 valence electrons. The molecule has 3 rings (SSSR count). The van der Waals surface area contributed by atoms with Gasteiger partial charge in [-0.3, -0.25) is 0 Å². The van der Waals surface area contributed by atoms with Crippen molar-refractivity contribution in [1.82, 2.24) is 13.9 Å². The zero-order chi connectivity index (χ0) is 18.2. The largest absolute Gasteiger partial charge is 0.478 e. The van der Waals surface area contributed by atoms with Crippen molar-refractivity contribution in [2.75, 3.05) is 13.1 Å². The Hall–Kier alpha value is -2.19. The third-order valence-corrected chi connectivity index (χ3v) is 6.28. The van der Waals surface area contributed by atoms with Gasteiger partial charge in [-0.2, -0.15) is 4.31 Å². The van der Waals surface area contributed by atoms with E-state index in [0.29, 0.717) is 25.9 Å². The van der Waals surface area contributed by atoms with Gasteiger partial charge in [-0.05, 0) is 49.9 Å². The van der Waals surface area contributed by atoms with Crippen molar-refractivity contribution < 1.29 is 18.3 Å². The fourth-order valence-electron chi connectivity index (χ4n) is 2.94. The zero-order valence-corrected chi connectivity index (χ0v) is 15.0. The number of carboxylic acid groups (broad SMARTS) is 1. The van der Waals surface area contributed by atoms with Crippen molar-refractivity contribution in [3.8, 4) is 0 Å². The van der Waals surface area contributed by atoms with Gasteiger partial charge in [0.25, 0.3) is 10.0 Å². The lowest BCUT2D eigenvalue weighted by Crippen LogP contribution is -2.33. The highest BCUT2D eigenvalue weighted by molar-refractivity contribution is 7.89. The first-order valence-electron chi connectivity index (χ1n) is 8.18. The Kier molecular flexibility index (Phi) is 4.66. The summed E-state index contributed by atoms with van der Waals surface area (Å²) in [6.45, 7) is 4.59. The number of rotatable bonds is 4. The van der Waals surface area contributed by atoms with Gasteiger partial charge in [0.1, 0.15) is 0 Å². The predicted molar refractivity (Wildman–Crippen MR) is 92.2 cm³/mol. The van der Waals surface area contributed by atoms with E-state index in [-0.39, 0.29) is 16.6 Å². The molecule has 8 heteroatoms. The van der Waals surface area contributed by atoms with Crippen LogP contribution in [0.3, 0.4) is 0 Å². The molecule has 7 nitrogen and oxygen atoms in total. The zero-order valence-electron chi connectivity index (χ0n) is 14.2. The molecule has 1 aliphatic rings. The van der Waals surface area contributed by atoms with Crippen LogP contribution in [0.5, 0.6) is 0 Å². The molecule has 2 heterocycles. The molecule has 2 aromatic rings. The minimum Gasteiger partial charge on any atom is -0.478 e. The van der Waals surface area contributed by atoms with Crippen molar-refractivity contribution in [3.63, 3.8) is 0 Å². The van der Waals surface area contributed by atoms with E-state index in [1.54, 1.807) is 29.0 Å². The summed E-state index contributed by atoms with van der Waals surface area (Å²) in [5, 5.41) is 9.17. The van der Waals surface area contributed by atoms with Gasteiger partial charge >= 0.3 is 5.97 Å². The van der Waals surface area contributed by atoms with E-state index < -0.39 is 16.0 Å². The van der Waals surface area contributed by atoms with E-state index in [0.717, 1.165) is 11.1 Å². The Morgan fingerprint density at radius 2 is 1.88 bits per heavy atom. The third kappa shape index (κ3) is 3.45. The molecule has 1 aromatic carbocycles. The molecule has 0 atom stereocenters. The second-order valence-electron chi connectivity index (χ2n) is 6.45. The number of fused-ring (bicyclic) bond motifs is 1. The Balaban J connectivity index is 1.84. The number of aromatic nitrogens is 2. The van der Waals surface area contributed by atoms with Gasteiger partial charge < -0.3 is 9.67 Å². The van der Waals surface area contributed by atoms with Crippen LogP contribution in [0.25, 0.3) is 0 Å². The number of aromatic carboxylic acids is 1. The maximum Gasteiger partial charge on any atom is 0.335 e. The number of hydrogen-bond acceptors (Lipinski definition) is 4. The SMILES string of the molecule is CC(C)n1cnc(S(=O)(=O)N2CCc3ccc(C(=O)O)cc3CC2)c1. The summed E-state index contributed by atoms with van der Waals surface area (Å²) < 4.78 is 28.9. The predicted octanol–water partition coefficient (Wildman–Crippen LogP) is 1.95. The monoisotopic (exact) mass is 363 g/mol. The van der Waals surface area contributed by atoms with E-state index in [1.807, 2.05) is 13.8 Å². The molecule has 0 fully saturated rings. The molecule has 0 unspecified atom stereocenters. The minimum absolute atomic E-state index is 0.0541. The first-order valence-corrected chi connectivity index (χ1v) is 9.62. The van der Waals surface area contributed by atoms with Gasteiger partial charge in [-0.15, -0.1) is 0 Å². The van der Waals surface area contributed by atoms with E-state index in [2.05, 4.69) is 4.98 Å². The van der Waals surface area contributed by atoms with Crippen LogP contribution in [0.15, 0.2) is 35.7 Å². The van der Waals surface area contributed by atoms with Crippen molar-refractivity contribution >= 4 is 16.0 Å². The Morgan fingerprint density at radius 1 is 1.20 bits per heavy atom. The molecule has 1 aromatic heterocycles. The summed E-state index contributed by atoms with van der Waals surface area (Å²) in [5.74, 6) is -0.976. The lowest BCUT2D eigenvalue weighted by molar-refractivity contribution is 0.0696. The quantitative estimate of drug-likeness (QED) is 0.896. The summed E-state index contributed by atoms with van der Waals surface area (Å²) in [5.41, 5.74) is 2.12. The van der Waals surface area contributed by atoms with Gasteiger partial charge in [-0.25, -0.2) is 18.2 Å². The van der Waals surface area contributed by atoms with Crippen molar-refractivity contribution in [3.05, 3.63) is 47.4 Å². The Morgan fingerprint density at radius 3 is 2.48 bits per heavy atom. The number of benzene rings is 1. The van der Waals surface area contributed by atoms with Crippen LogP contribution in [-0.2, 0) is 22.9 Å². The van der Waals surface area contributed by atoms with Gasteiger partial charge in [-0.1, -0.05) is 6.07 Å². The fraction of sp³-hybridized carbons (Fsp3) is 0.412. The summed E-state index contributed by atoms with van der Waals surface area (Å²) in [6, 6.07) is 5.12. The van der Waals surface area contributed by atoms with E-state index in [9.17, 15) is 13.2 Å². The topological polar surface area (TPSA) is 92.5 Å². The fourth-order valence-corrected chi connectivity index (χ4v) is 4.31. The van der Waals surface area contributed by atoms with Gasteiger partial charge in [0.2, 0.25) is 0 Å². The number of carbonyl (C=O) groups is 1. The first-order chi connectivity index (χ1) is 11.8. The van der Waals surface area contributed by atoms with Crippen LogP contribution >= 0.6 is 0 Å². The third-order valence-electron chi connectivity index (χ3n) is 4.49. The van der Waals surface area contributed by atoms with Crippen molar-refractivity contribution in [2.24, 2.45) is 0 Å². The molecular weight excluding hydrogens is 342 g/mol. The van der Waals surface area contributed by atoms with Gasteiger partial charge in [0.15, 0.2) is 5.03 Å². The van der Waals surface area contributed by atoms with Crippen LogP contribution in [0.1, 0.15) is 41.4 Å². The summed E-state index contributed by atoms with van der Waals surface area (Å²) in [7, 11) is -3.66. The molecule has 0 spiro atoms. The maximum atomic E-state index is 12.9. The lowest BCUT2D eigenvalue weighted by atomic mass is 10.0. The standard InChI is InChI=1S/C17H21N3O4S/c1-12(2)19-10-16(18-11-19)25(23,24)20-7-5-13-3-4-15(17(21)22)9-14(13)6-8-20/h3-4,9-12H,5-8H2,1-2H3,(H,21,22). The summed E-state index contributed by atoms with van der Waals surface area (Å²) in [6.07, 6.45) is 4.13. The molecule has 0 amide bonds. The normalized spacial score (nSPS) is 15.8. The minimum atomic E-state index is -3.66. The number of sulfonamides is 1. The molecule has 1 N–H and O–H groups in total. The van der Waals surface area contributed by atoms with Crippen LogP contribution < -0.4 is 0 Å². The Bertz CT molecular complexity index is 902. The van der Waals surface area contributed by atoms with Crippen LogP contribution in [-0.4, -0.2) is 46.4 Å². The lowest BCUT2D eigenvalue weighted by Gasteiger charge is -2.18. The summed E-state index contributed by atoms with van der Waals surface area (Å²) in [4.78, 5) is 15.2. The van der Waals surface area contributed by atoms with E-state index >= 15 is 0 Å². The first kappa shape index (κ1) is 17.6. The van der Waals surface area contributed by atoms with E-state index in [4.69, 9.17) is 5.11 Å². The van der Waals surface area contributed by atoms with Crippen molar-refractivity contribution in [2.45, 2.75) is 37.8 Å². The molecule has 1 aliphatic heterocycles. The summed E-state index contributed by atoms with van der Waals surface area (Å²) >= 11 is 0. The number of nitrogens with zero attached hydrogens (tertiary/aromatic N) is 3. The van der Waals surface area contributed by atoms with Crippen molar-refractivity contribution in [1.29, 1.82) is 0 Å². The average Bonchev–Trinajstić information content (AvgIpc) is 2.96. The average molecular weight is 363 g/mol. The van der Waals surface area contributed by atoms with Gasteiger partial charge in [0.05, 0.1) is 11.9 Å². The van der Waals surface area contributed by atoms with E-state index in [1.165, 1.54) is 10.6 Å². The molecule has 25 heavy (non-hydrogen) atoms. The van der Waals surface area contributed by atoms with Crippen LogP contribution in [0, 0.1) is 0 Å². The second kappa shape index (κ2) is 6.61. The molecule has 0 saturated heterocycles. The maximum absolute atomic E-state index is 12.9. The number of hydrogen-bond donors (Lipinski definition) is 1. The highest BCUT2D eigenvalue weighted by atomic mass is 32.2. The van der Waals surface area contributed by atoms with Crippen LogP contribution in [0.2, 0.25) is 0 Å². The molecule has 0 bridgehead atoms. The number of imidazole rings is 1.